The molecule has 1 aromatic carbocycles. The van der Waals surface area contributed by atoms with Crippen LogP contribution in [0.3, 0.4) is 0 Å². The second-order valence-corrected chi connectivity index (χ2v) is 5.57. The summed E-state index contributed by atoms with van der Waals surface area (Å²) in [7, 11) is 0. The highest BCUT2D eigenvalue weighted by molar-refractivity contribution is 5.74. The Morgan fingerprint density at radius 1 is 1.59 bits per heavy atom. The van der Waals surface area contributed by atoms with E-state index in [1.165, 1.54) is 12.1 Å². The lowest BCUT2D eigenvalue weighted by molar-refractivity contribution is 0.174. The lowest BCUT2D eigenvalue weighted by atomic mass is 10.1. The van der Waals surface area contributed by atoms with Crippen LogP contribution in [-0.2, 0) is 0 Å². The molecule has 6 heteroatoms. The van der Waals surface area contributed by atoms with Crippen LogP contribution in [-0.4, -0.2) is 48.4 Å². The van der Waals surface area contributed by atoms with Gasteiger partial charge in [-0.15, -0.1) is 0 Å². The SMILES string of the molecule is CCC(CNC(=O)N1CCC(CO)C1)Oc1cccc(F)c1. The molecular formula is C16H23FN2O3. The number of carbonyl (C=O) groups is 1. The maximum atomic E-state index is 13.1. The largest absolute Gasteiger partial charge is 0.489 e. The van der Waals surface area contributed by atoms with Gasteiger partial charge in [-0.3, -0.25) is 0 Å². The number of rotatable bonds is 6. The first kappa shape index (κ1) is 16.5. The van der Waals surface area contributed by atoms with E-state index in [1.807, 2.05) is 6.92 Å². The molecule has 2 N–H and O–H groups in total. The van der Waals surface area contributed by atoms with E-state index in [4.69, 9.17) is 9.84 Å². The molecule has 0 aliphatic carbocycles. The highest BCUT2D eigenvalue weighted by atomic mass is 19.1. The predicted octanol–water partition coefficient (Wildman–Crippen LogP) is 2.01. The molecule has 0 radical (unpaired) electrons. The Balaban J connectivity index is 1.79. The Bertz CT molecular complexity index is 498. The molecular weight excluding hydrogens is 287 g/mol. The molecule has 122 valence electrons. The van der Waals surface area contributed by atoms with Crippen molar-refractivity contribution in [3.8, 4) is 5.75 Å². The molecule has 1 saturated heterocycles. The van der Waals surface area contributed by atoms with E-state index in [0.29, 0.717) is 31.8 Å². The van der Waals surface area contributed by atoms with Gasteiger partial charge in [-0.2, -0.15) is 0 Å². The lowest BCUT2D eigenvalue weighted by Crippen LogP contribution is -2.43. The maximum absolute atomic E-state index is 13.1. The average Bonchev–Trinajstić information content (AvgIpc) is 3.00. The molecule has 1 heterocycles. The van der Waals surface area contributed by atoms with Gasteiger partial charge in [-0.05, 0) is 25.0 Å². The van der Waals surface area contributed by atoms with Gasteiger partial charge < -0.3 is 20.1 Å². The molecule has 1 aromatic rings. The van der Waals surface area contributed by atoms with Crippen molar-refractivity contribution < 1.29 is 19.0 Å². The summed E-state index contributed by atoms with van der Waals surface area (Å²) in [5.41, 5.74) is 0. The smallest absolute Gasteiger partial charge is 0.317 e. The minimum Gasteiger partial charge on any atom is -0.489 e. The van der Waals surface area contributed by atoms with Crippen molar-refractivity contribution in [1.82, 2.24) is 10.2 Å². The van der Waals surface area contributed by atoms with Crippen molar-refractivity contribution in [3.05, 3.63) is 30.1 Å². The molecule has 2 rings (SSSR count). The minimum atomic E-state index is -0.344. The first-order chi connectivity index (χ1) is 10.6. The summed E-state index contributed by atoms with van der Waals surface area (Å²) in [5, 5.41) is 11.9. The quantitative estimate of drug-likeness (QED) is 0.845. The van der Waals surface area contributed by atoms with Crippen LogP contribution in [0.25, 0.3) is 0 Å². The van der Waals surface area contributed by atoms with E-state index in [9.17, 15) is 9.18 Å². The summed E-state index contributed by atoms with van der Waals surface area (Å²) in [6.07, 6.45) is 1.33. The molecule has 1 aliphatic rings. The van der Waals surface area contributed by atoms with Gasteiger partial charge in [0.2, 0.25) is 0 Å². The molecule has 1 fully saturated rings. The van der Waals surface area contributed by atoms with E-state index < -0.39 is 0 Å². The van der Waals surface area contributed by atoms with Crippen LogP contribution >= 0.6 is 0 Å². The number of nitrogens with one attached hydrogen (secondary N) is 1. The molecule has 2 amide bonds. The number of urea groups is 1. The zero-order valence-corrected chi connectivity index (χ0v) is 12.8. The van der Waals surface area contributed by atoms with Crippen molar-refractivity contribution in [3.63, 3.8) is 0 Å². The van der Waals surface area contributed by atoms with Crippen molar-refractivity contribution in [2.24, 2.45) is 5.92 Å². The van der Waals surface area contributed by atoms with Gasteiger partial charge in [0.1, 0.15) is 17.7 Å². The van der Waals surface area contributed by atoms with Gasteiger partial charge in [-0.25, -0.2) is 9.18 Å². The second kappa shape index (κ2) is 7.98. The summed E-state index contributed by atoms with van der Waals surface area (Å²) in [6, 6.07) is 5.84. The number of halogens is 1. The molecule has 2 atom stereocenters. The van der Waals surface area contributed by atoms with Crippen LogP contribution in [0.4, 0.5) is 9.18 Å². The zero-order chi connectivity index (χ0) is 15.9. The number of amides is 2. The molecule has 0 aromatic heterocycles. The topological polar surface area (TPSA) is 61.8 Å². The monoisotopic (exact) mass is 310 g/mol. The number of benzene rings is 1. The Morgan fingerprint density at radius 3 is 3.05 bits per heavy atom. The molecule has 0 spiro atoms. The normalized spacial score (nSPS) is 19.0. The number of carbonyl (C=O) groups excluding carboxylic acids is 1. The van der Waals surface area contributed by atoms with E-state index in [-0.39, 0.29) is 30.5 Å². The number of likely N-dealkylation sites (tertiary alicyclic amines) is 1. The molecule has 2 unspecified atom stereocenters. The summed E-state index contributed by atoms with van der Waals surface area (Å²) in [4.78, 5) is 13.8. The number of nitrogens with zero attached hydrogens (tertiary/aromatic N) is 1. The van der Waals surface area contributed by atoms with Crippen LogP contribution in [0.15, 0.2) is 24.3 Å². The summed E-state index contributed by atoms with van der Waals surface area (Å²) in [5.74, 6) is 0.294. The van der Waals surface area contributed by atoms with Gasteiger partial charge in [0.25, 0.3) is 0 Å². The van der Waals surface area contributed by atoms with Crippen molar-refractivity contribution >= 4 is 6.03 Å². The highest BCUT2D eigenvalue weighted by Crippen LogP contribution is 2.16. The number of aliphatic hydroxyl groups excluding tert-OH is 1. The molecule has 1 aliphatic heterocycles. The zero-order valence-electron chi connectivity index (χ0n) is 12.8. The van der Waals surface area contributed by atoms with Crippen LogP contribution in [0, 0.1) is 11.7 Å². The van der Waals surface area contributed by atoms with Gasteiger partial charge >= 0.3 is 6.03 Å². The maximum Gasteiger partial charge on any atom is 0.317 e. The standard InChI is InChI=1S/C16H23FN2O3/c1-2-14(22-15-5-3-4-13(17)8-15)9-18-16(21)19-7-6-12(10-19)11-20/h3-5,8,12,14,20H,2,6-7,9-11H2,1H3,(H,18,21). The number of hydrogen-bond donors (Lipinski definition) is 2. The first-order valence-electron chi connectivity index (χ1n) is 7.68. The van der Waals surface area contributed by atoms with Crippen LogP contribution in [0.5, 0.6) is 5.75 Å². The molecule has 5 nitrogen and oxygen atoms in total. The van der Waals surface area contributed by atoms with Gasteiger partial charge in [0.15, 0.2) is 0 Å². The Labute approximate surface area is 130 Å². The van der Waals surface area contributed by atoms with E-state index in [1.54, 1.807) is 17.0 Å². The summed E-state index contributed by atoms with van der Waals surface area (Å²) in [6.45, 7) is 3.69. The van der Waals surface area contributed by atoms with Crippen molar-refractivity contribution in [2.45, 2.75) is 25.9 Å². The third-order valence-corrected chi connectivity index (χ3v) is 3.87. The van der Waals surface area contributed by atoms with E-state index >= 15 is 0 Å². The molecule has 0 saturated carbocycles. The fourth-order valence-electron chi connectivity index (χ4n) is 2.48. The summed E-state index contributed by atoms with van der Waals surface area (Å²) >= 11 is 0. The second-order valence-electron chi connectivity index (χ2n) is 5.57. The van der Waals surface area contributed by atoms with Gasteiger partial charge in [0.05, 0.1) is 6.54 Å². The van der Waals surface area contributed by atoms with Crippen molar-refractivity contribution in [1.29, 1.82) is 0 Å². The van der Waals surface area contributed by atoms with Gasteiger partial charge in [0, 0.05) is 31.7 Å². The van der Waals surface area contributed by atoms with E-state index in [2.05, 4.69) is 5.32 Å². The third-order valence-electron chi connectivity index (χ3n) is 3.87. The first-order valence-corrected chi connectivity index (χ1v) is 7.68. The lowest BCUT2D eigenvalue weighted by Gasteiger charge is -2.21. The Hall–Kier alpha value is -1.82. The Kier molecular flexibility index (Phi) is 6.00. The fraction of sp³-hybridized carbons (Fsp3) is 0.562. The third kappa shape index (κ3) is 4.59. The van der Waals surface area contributed by atoms with Crippen LogP contribution < -0.4 is 10.1 Å². The van der Waals surface area contributed by atoms with Gasteiger partial charge in [-0.1, -0.05) is 13.0 Å². The Morgan fingerprint density at radius 2 is 2.41 bits per heavy atom. The number of aliphatic hydroxyl groups is 1. The molecule has 0 bridgehead atoms. The fourth-order valence-corrected chi connectivity index (χ4v) is 2.48. The minimum absolute atomic E-state index is 0.115. The predicted molar refractivity (Wildman–Crippen MR) is 81.3 cm³/mol. The van der Waals surface area contributed by atoms with Crippen LogP contribution in [0.1, 0.15) is 19.8 Å². The average molecular weight is 310 g/mol. The molecule has 22 heavy (non-hydrogen) atoms. The summed E-state index contributed by atoms with van der Waals surface area (Å²) < 4.78 is 18.8. The van der Waals surface area contributed by atoms with E-state index in [0.717, 1.165) is 6.42 Å². The highest BCUT2D eigenvalue weighted by Gasteiger charge is 2.25. The number of ether oxygens (including phenoxy) is 1. The number of hydrogen-bond acceptors (Lipinski definition) is 3. The van der Waals surface area contributed by atoms with Crippen molar-refractivity contribution in [2.75, 3.05) is 26.2 Å². The van der Waals surface area contributed by atoms with Crippen LogP contribution in [0.2, 0.25) is 0 Å².